The highest BCUT2D eigenvalue weighted by molar-refractivity contribution is 6.31. The normalized spacial score (nSPS) is 10.2. The van der Waals surface area contributed by atoms with Crippen LogP contribution >= 0.6 is 11.6 Å². The van der Waals surface area contributed by atoms with Gasteiger partial charge in [0.2, 0.25) is 0 Å². The molecule has 0 atom stereocenters. The van der Waals surface area contributed by atoms with Crippen LogP contribution in [0.3, 0.4) is 0 Å². The number of rotatable bonds is 5. The molecule has 1 rings (SSSR count). The molecule has 88 valence electrons. The van der Waals surface area contributed by atoms with Crippen molar-refractivity contribution in [2.75, 3.05) is 20.3 Å². The summed E-state index contributed by atoms with van der Waals surface area (Å²) in [4.78, 5) is 11.7. The molecule has 0 heterocycles. The van der Waals surface area contributed by atoms with E-state index in [1.807, 2.05) is 13.8 Å². The van der Waals surface area contributed by atoms with Crippen molar-refractivity contribution < 1.29 is 14.3 Å². The molecule has 0 bridgehead atoms. The fourth-order valence-corrected chi connectivity index (χ4v) is 1.52. The number of ether oxygens (including phenoxy) is 2. The lowest BCUT2D eigenvalue weighted by atomic mass is 10.1. The van der Waals surface area contributed by atoms with Gasteiger partial charge in [0, 0.05) is 12.1 Å². The third-order valence-corrected chi connectivity index (χ3v) is 2.54. The number of carbonyl (C=O) groups is 1. The third kappa shape index (κ3) is 2.97. The maximum absolute atomic E-state index is 11.7. The lowest BCUT2D eigenvalue weighted by Gasteiger charge is -2.11. The van der Waals surface area contributed by atoms with Crippen LogP contribution in [0.15, 0.2) is 12.1 Å². The van der Waals surface area contributed by atoms with Gasteiger partial charge in [-0.15, -0.1) is 0 Å². The molecule has 0 unspecified atom stereocenters. The van der Waals surface area contributed by atoms with Gasteiger partial charge in [0.1, 0.15) is 12.4 Å². The molecule has 0 aliphatic carbocycles. The van der Waals surface area contributed by atoms with E-state index in [1.165, 1.54) is 7.11 Å². The van der Waals surface area contributed by atoms with E-state index in [9.17, 15) is 4.79 Å². The summed E-state index contributed by atoms with van der Waals surface area (Å²) in [6.45, 7) is 4.28. The van der Waals surface area contributed by atoms with Crippen LogP contribution in [0.5, 0.6) is 5.75 Å². The Kier molecular flexibility index (Phi) is 4.77. The van der Waals surface area contributed by atoms with Crippen molar-refractivity contribution in [2.24, 2.45) is 0 Å². The van der Waals surface area contributed by atoms with Crippen LogP contribution < -0.4 is 4.74 Å². The summed E-state index contributed by atoms with van der Waals surface area (Å²) in [7, 11) is 1.48. The van der Waals surface area contributed by atoms with Crippen LogP contribution in [0.1, 0.15) is 22.8 Å². The second-order valence-electron chi connectivity index (χ2n) is 3.39. The van der Waals surface area contributed by atoms with E-state index in [1.54, 1.807) is 12.1 Å². The Morgan fingerprint density at radius 1 is 1.44 bits per heavy atom. The molecule has 0 aliphatic heterocycles. The zero-order valence-electron chi connectivity index (χ0n) is 9.67. The highest BCUT2D eigenvalue weighted by Crippen LogP contribution is 2.27. The van der Waals surface area contributed by atoms with Crippen molar-refractivity contribution >= 4 is 17.4 Å². The first-order valence-electron chi connectivity index (χ1n) is 5.05. The SMILES string of the molecule is CCOc1cc(C)c(Cl)cc1C(=O)COC. The summed E-state index contributed by atoms with van der Waals surface area (Å²) in [5.41, 5.74) is 1.36. The van der Waals surface area contributed by atoms with E-state index < -0.39 is 0 Å². The Labute approximate surface area is 100 Å². The Morgan fingerprint density at radius 2 is 2.12 bits per heavy atom. The molecule has 3 nitrogen and oxygen atoms in total. The molecule has 0 aromatic heterocycles. The van der Waals surface area contributed by atoms with Gasteiger partial charge < -0.3 is 9.47 Å². The number of aryl methyl sites for hydroxylation is 1. The summed E-state index contributed by atoms with van der Waals surface area (Å²) in [6.07, 6.45) is 0. The number of benzene rings is 1. The van der Waals surface area contributed by atoms with Crippen molar-refractivity contribution in [1.82, 2.24) is 0 Å². The first-order valence-corrected chi connectivity index (χ1v) is 5.43. The standard InChI is InChI=1S/C12H15ClO3/c1-4-16-12-5-8(2)10(13)6-9(12)11(14)7-15-3/h5-6H,4,7H2,1-3H3. The number of carbonyl (C=O) groups excluding carboxylic acids is 1. The third-order valence-electron chi connectivity index (χ3n) is 2.14. The summed E-state index contributed by atoms with van der Waals surface area (Å²) in [5, 5.41) is 0.558. The van der Waals surface area contributed by atoms with Crippen LogP contribution in [0.2, 0.25) is 5.02 Å². The number of halogens is 1. The first-order chi connectivity index (χ1) is 7.60. The molecule has 0 aliphatic rings. The van der Waals surface area contributed by atoms with Crippen LogP contribution in [-0.2, 0) is 4.74 Å². The zero-order valence-corrected chi connectivity index (χ0v) is 10.4. The Bertz CT molecular complexity index is 388. The van der Waals surface area contributed by atoms with Gasteiger partial charge in [-0.05, 0) is 31.5 Å². The van der Waals surface area contributed by atoms with E-state index >= 15 is 0 Å². The van der Waals surface area contributed by atoms with Gasteiger partial charge in [-0.3, -0.25) is 4.79 Å². The Hall–Kier alpha value is -1.06. The van der Waals surface area contributed by atoms with E-state index in [0.29, 0.717) is 22.9 Å². The fraction of sp³-hybridized carbons (Fsp3) is 0.417. The number of ketones is 1. The van der Waals surface area contributed by atoms with Gasteiger partial charge in [-0.2, -0.15) is 0 Å². The van der Waals surface area contributed by atoms with Crippen molar-refractivity contribution in [3.63, 3.8) is 0 Å². The topological polar surface area (TPSA) is 35.5 Å². The average Bonchev–Trinajstić information content (AvgIpc) is 2.23. The average molecular weight is 243 g/mol. The summed E-state index contributed by atoms with van der Waals surface area (Å²) in [5.74, 6) is 0.430. The maximum Gasteiger partial charge on any atom is 0.192 e. The minimum absolute atomic E-state index is 0.0272. The van der Waals surface area contributed by atoms with E-state index in [0.717, 1.165) is 5.56 Å². The second kappa shape index (κ2) is 5.87. The molecule has 0 spiro atoms. The Morgan fingerprint density at radius 3 is 2.69 bits per heavy atom. The summed E-state index contributed by atoms with van der Waals surface area (Å²) < 4.78 is 10.2. The largest absolute Gasteiger partial charge is 0.493 e. The van der Waals surface area contributed by atoms with Crippen molar-refractivity contribution in [3.05, 3.63) is 28.3 Å². The van der Waals surface area contributed by atoms with Crippen molar-refractivity contribution in [2.45, 2.75) is 13.8 Å². The minimum atomic E-state index is -0.132. The van der Waals surface area contributed by atoms with E-state index in [2.05, 4.69) is 0 Å². The highest BCUT2D eigenvalue weighted by Gasteiger charge is 2.14. The molecule has 1 aromatic rings. The van der Waals surface area contributed by atoms with Gasteiger partial charge in [0.25, 0.3) is 0 Å². The molecule has 16 heavy (non-hydrogen) atoms. The molecule has 0 fully saturated rings. The first kappa shape index (κ1) is 13.0. The van der Waals surface area contributed by atoms with Crippen LogP contribution in [0, 0.1) is 6.92 Å². The lowest BCUT2D eigenvalue weighted by Crippen LogP contribution is -2.10. The number of hydrogen-bond donors (Lipinski definition) is 0. The summed E-state index contributed by atoms with van der Waals surface area (Å²) >= 11 is 5.98. The molecule has 0 N–H and O–H groups in total. The summed E-state index contributed by atoms with van der Waals surface area (Å²) in [6, 6.07) is 3.40. The zero-order chi connectivity index (χ0) is 12.1. The minimum Gasteiger partial charge on any atom is -0.493 e. The molecule has 1 aromatic carbocycles. The van der Waals surface area contributed by atoms with Gasteiger partial charge in [0.15, 0.2) is 5.78 Å². The predicted molar refractivity (Wildman–Crippen MR) is 63.6 cm³/mol. The van der Waals surface area contributed by atoms with Gasteiger partial charge in [-0.1, -0.05) is 11.6 Å². The second-order valence-corrected chi connectivity index (χ2v) is 3.79. The molecule has 0 amide bonds. The van der Waals surface area contributed by atoms with Gasteiger partial charge in [0.05, 0.1) is 12.2 Å². The quantitative estimate of drug-likeness (QED) is 0.745. The Balaban J connectivity index is 3.13. The molecule has 4 heteroatoms. The number of hydrogen-bond acceptors (Lipinski definition) is 3. The van der Waals surface area contributed by atoms with Crippen LogP contribution in [0.4, 0.5) is 0 Å². The lowest BCUT2D eigenvalue weighted by molar-refractivity contribution is 0.0844. The monoisotopic (exact) mass is 242 g/mol. The fourth-order valence-electron chi connectivity index (χ4n) is 1.36. The number of methoxy groups -OCH3 is 1. The highest BCUT2D eigenvalue weighted by atomic mass is 35.5. The molecule has 0 saturated carbocycles. The van der Waals surface area contributed by atoms with Crippen LogP contribution in [0.25, 0.3) is 0 Å². The smallest absolute Gasteiger partial charge is 0.192 e. The van der Waals surface area contributed by atoms with Crippen molar-refractivity contribution in [1.29, 1.82) is 0 Å². The molecular weight excluding hydrogens is 228 g/mol. The van der Waals surface area contributed by atoms with Crippen molar-refractivity contribution in [3.8, 4) is 5.75 Å². The molecule has 0 radical (unpaired) electrons. The van der Waals surface area contributed by atoms with E-state index in [4.69, 9.17) is 21.1 Å². The van der Waals surface area contributed by atoms with Gasteiger partial charge in [-0.25, -0.2) is 0 Å². The van der Waals surface area contributed by atoms with E-state index in [-0.39, 0.29) is 12.4 Å². The van der Waals surface area contributed by atoms with Crippen LogP contribution in [-0.4, -0.2) is 26.1 Å². The predicted octanol–water partition coefficient (Wildman–Crippen LogP) is 2.88. The number of Topliss-reactive ketones (excluding diaryl/α,β-unsaturated/α-hetero) is 1. The van der Waals surface area contributed by atoms with Gasteiger partial charge >= 0.3 is 0 Å². The molecular formula is C12H15ClO3. The maximum atomic E-state index is 11.7. The molecule has 0 saturated heterocycles.